The number of nitrogens with two attached hydrogens (primary N) is 1. The smallest absolute Gasteiger partial charge is 0.162 e. The first-order chi connectivity index (χ1) is 7.99. The second-order valence-electron chi connectivity index (χ2n) is 4.46. The molecule has 0 saturated heterocycles. The quantitative estimate of drug-likeness (QED) is 0.837. The number of rotatable bonds is 4. The molecule has 3 N–H and O–H groups in total. The van der Waals surface area contributed by atoms with Crippen LogP contribution in [0.25, 0.3) is 0 Å². The van der Waals surface area contributed by atoms with Crippen LogP contribution in [0, 0.1) is 17.2 Å². The molecule has 1 rings (SSSR count). The fourth-order valence-electron chi connectivity index (χ4n) is 1.77. The van der Waals surface area contributed by atoms with Crippen LogP contribution in [-0.2, 0) is 0 Å². The molecule has 0 unspecified atom stereocenters. The van der Waals surface area contributed by atoms with Crippen LogP contribution in [0.1, 0.15) is 37.4 Å². The minimum atomic E-state index is -0.294. The molecule has 0 heterocycles. The number of hydrogen-bond donors (Lipinski definition) is 2. The summed E-state index contributed by atoms with van der Waals surface area (Å²) >= 11 is 0. The minimum absolute atomic E-state index is 0.0275. The maximum atomic E-state index is 9.98. The Bertz CT molecular complexity index is 436. The highest BCUT2D eigenvalue weighted by atomic mass is 16.5. The molecular weight excluding hydrogens is 216 g/mol. The Balaban J connectivity index is 3.18. The number of methoxy groups -OCH3 is 1. The van der Waals surface area contributed by atoms with Crippen LogP contribution in [0.5, 0.6) is 11.5 Å². The second-order valence-corrected chi connectivity index (χ2v) is 4.46. The van der Waals surface area contributed by atoms with Crippen LogP contribution in [0.15, 0.2) is 12.1 Å². The van der Waals surface area contributed by atoms with E-state index in [4.69, 9.17) is 15.7 Å². The van der Waals surface area contributed by atoms with Gasteiger partial charge in [0.15, 0.2) is 11.5 Å². The number of aromatic hydroxyl groups is 1. The molecule has 0 aliphatic carbocycles. The molecule has 1 aromatic rings. The van der Waals surface area contributed by atoms with Crippen LogP contribution in [0.3, 0.4) is 0 Å². The summed E-state index contributed by atoms with van der Waals surface area (Å²) in [5.74, 6) is 0.735. The number of nitrogens with zero attached hydrogens (tertiary/aromatic N) is 1. The van der Waals surface area contributed by atoms with Gasteiger partial charge >= 0.3 is 0 Å². The summed E-state index contributed by atoms with van der Waals surface area (Å²) in [7, 11) is 1.45. The van der Waals surface area contributed by atoms with Crippen molar-refractivity contribution in [3.8, 4) is 17.6 Å². The lowest BCUT2D eigenvalue weighted by molar-refractivity contribution is 0.366. The predicted octanol–water partition coefficient (Wildman–Crippen LogP) is 2.32. The Kier molecular flexibility index (Phi) is 4.36. The fourth-order valence-corrected chi connectivity index (χ4v) is 1.77. The van der Waals surface area contributed by atoms with E-state index in [9.17, 15) is 5.11 Å². The van der Waals surface area contributed by atoms with Gasteiger partial charge < -0.3 is 15.6 Å². The average molecular weight is 234 g/mol. The zero-order chi connectivity index (χ0) is 13.0. The number of phenols is 1. The van der Waals surface area contributed by atoms with Gasteiger partial charge in [-0.2, -0.15) is 5.26 Å². The predicted molar refractivity (Wildman–Crippen MR) is 65.8 cm³/mol. The molecule has 0 bridgehead atoms. The van der Waals surface area contributed by atoms with Crippen molar-refractivity contribution < 1.29 is 9.84 Å². The van der Waals surface area contributed by atoms with Crippen molar-refractivity contribution in [1.82, 2.24) is 0 Å². The van der Waals surface area contributed by atoms with Gasteiger partial charge in [-0.1, -0.05) is 13.8 Å². The van der Waals surface area contributed by atoms with E-state index in [1.54, 1.807) is 6.07 Å². The van der Waals surface area contributed by atoms with Gasteiger partial charge in [0.25, 0.3) is 0 Å². The second kappa shape index (κ2) is 5.55. The summed E-state index contributed by atoms with van der Waals surface area (Å²) in [5, 5.41) is 18.9. The van der Waals surface area contributed by atoms with E-state index in [2.05, 4.69) is 13.8 Å². The molecule has 92 valence electrons. The third-order valence-electron chi connectivity index (χ3n) is 2.58. The first-order valence-corrected chi connectivity index (χ1v) is 5.56. The molecule has 0 aromatic heterocycles. The van der Waals surface area contributed by atoms with Gasteiger partial charge in [0.05, 0.1) is 18.7 Å². The summed E-state index contributed by atoms with van der Waals surface area (Å²) < 4.78 is 5.03. The van der Waals surface area contributed by atoms with Gasteiger partial charge in [0.2, 0.25) is 0 Å². The number of hydrogen-bond acceptors (Lipinski definition) is 4. The van der Waals surface area contributed by atoms with Crippen molar-refractivity contribution in [1.29, 1.82) is 5.26 Å². The van der Waals surface area contributed by atoms with E-state index in [0.717, 1.165) is 6.42 Å². The van der Waals surface area contributed by atoms with Crippen molar-refractivity contribution in [3.63, 3.8) is 0 Å². The SMILES string of the molecule is COc1cc(C#N)cc([C@@H](N)CC(C)C)c1O. The van der Waals surface area contributed by atoms with Crippen LogP contribution >= 0.6 is 0 Å². The van der Waals surface area contributed by atoms with Crippen molar-refractivity contribution >= 4 is 0 Å². The van der Waals surface area contributed by atoms with E-state index in [1.807, 2.05) is 6.07 Å². The molecule has 0 radical (unpaired) electrons. The van der Waals surface area contributed by atoms with Crippen molar-refractivity contribution in [2.75, 3.05) is 7.11 Å². The molecule has 0 spiro atoms. The van der Waals surface area contributed by atoms with Gasteiger partial charge in [-0.25, -0.2) is 0 Å². The Morgan fingerprint density at radius 2 is 2.12 bits per heavy atom. The average Bonchev–Trinajstić information content (AvgIpc) is 2.28. The van der Waals surface area contributed by atoms with E-state index in [0.29, 0.717) is 22.8 Å². The van der Waals surface area contributed by atoms with Gasteiger partial charge in [0.1, 0.15) is 0 Å². The Labute approximate surface area is 102 Å². The lowest BCUT2D eigenvalue weighted by Crippen LogP contribution is -2.13. The maximum absolute atomic E-state index is 9.98. The van der Waals surface area contributed by atoms with Crippen molar-refractivity contribution in [2.24, 2.45) is 11.7 Å². The standard InChI is InChI=1S/C13H18N2O2/c1-8(2)4-11(15)10-5-9(7-14)6-12(17-3)13(10)16/h5-6,8,11,16H,4,15H2,1-3H3/t11-/m0/s1. The minimum Gasteiger partial charge on any atom is -0.504 e. The zero-order valence-corrected chi connectivity index (χ0v) is 10.4. The highest BCUT2D eigenvalue weighted by Gasteiger charge is 2.17. The number of benzene rings is 1. The van der Waals surface area contributed by atoms with Gasteiger partial charge in [-0.15, -0.1) is 0 Å². The number of nitriles is 1. The fraction of sp³-hybridized carbons (Fsp3) is 0.462. The van der Waals surface area contributed by atoms with Crippen LogP contribution in [0.4, 0.5) is 0 Å². The van der Waals surface area contributed by atoms with Gasteiger partial charge in [-0.3, -0.25) is 0 Å². The molecule has 0 fully saturated rings. The Morgan fingerprint density at radius 1 is 1.47 bits per heavy atom. The monoisotopic (exact) mass is 234 g/mol. The third-order valence-corrected chi connectivity index (χ3v) is 2.58. The molecule has 17 heavy (non-hydrogen) atoms. The molecule has 0 aliphatic rings. The third kappa shape index (κ3) is 3.11. The van der Waals surface area contributed by atoms with Crippen LogP contribution < -0.4 is 10.5 Å². The van der Waals surface area contributed by atoms with E-state index < -0.39 is 0 Å². The van der Waals surface area contributed by atoms with Gasteiger partial charge in [-0.05, 0) is 18.4 Å². The Morgan fingerprint density at radius 3 is 2.59 bits per heavy atom. The van der Waals surface area contributed by atoms with Crippen molar-refractivity contribution in [3.05, 3.63) is 23.3 Å². The lowest BCUT2D eigenvalue weighted by atomic mass is 9.95. The van der Waals surface area contributed by atoms with Gasteiger partial charge in [0, 0.05) is 17.7 Å². The number of phenolic OH excluding ortho intramolecular Hbond substituents is 1. The molecule has 1 aromatic carbocycles. The molecular formula is C13H18N2O2. The van der Waals surface area contributed by atoms with Crippen LogP contribution in [0.2, 0.25) is 0 Å². The lowest BCUT2D eigenvalue weighted by Gasteiger charge is -2.17. The molecule has 4 heteroatoms. The molecule has 0 saturated carbocycles. The van der Waals surface area contributed by atoms with Crippen molar-refractivity contribution in [2.45, 2.75) is 26.3 Å². The van der Waals surface area contributed by atoms with E-state index in [-0.39, 0.29) is 11.8 Å². The first kappa shape index (κ1) is 13.3. The maximum Gasteiger partial charge on any atom is 0.162 e. The highest BCUT2D eigenvalue weighted by Crippen LogP contribution is 2.36. The van der Waals surface area contributed by atoms with E-state index >= 15 is 0 Å². The summed E-state index contributed by atoms with van der Waals surface area (Å²) in [6.07, 6.45) is 0.742. The zero-order valence-electron chi connectivity index (χ0n) is 10.4. The normalized spacial score (nSPS) is 12.2. The summed E-state index contributed by atoms with van der Waals surface area (Å²) in [5.41, 5.74) is 7.02. The summed E-state index contributed by atoms with van der Waals surface area (Å²) in [6.45, 7) is 4.12. The highest BCUT2D eigenvalue weighted by molar-refractivity contribution is 5.52. The summed E-state index contributed by atoms with van der Waals surface area (Å²) in [6, 6.07) is 4.85. The number of ether oxygens (including phenoxy) is 1. The topological polar surface area (TPSA) is 79.3 Å². The van der Waals surface area contributed by atoms with E-state index in [1.165, 1.54) is 13.2 Å². The van der Waals surface area contributed by atoms with Crippen LogP contribution in [-0.4, -0.2) is 12.2 Å². The largest absolute Gasteiger partial charge is 0.504 e. The molecule has 4 nitrogen and oxygen atoms in total. The first-order valence-electron chi connectivity index (χ1n) is 5.56. The Hall–Kier alpha value is -1.73. The molecule has 0 aliphatic heterocycles. The summed E-state index contributed by atoms with van der Waals surface area (Å²) in [4.78, 5) is 0. The molecule has 0 amide bonds. The molecule has 1 atom stereocenters.